The Labute approximate surface area is 153 Å². The molecule has 6 nitrogen and oxygen atoms in total. The van der Waals surface area contributed by atoms with E-state index < -0.39 is 6.10 Å². The van der Waals surface area contributed by atoms with Gasteiger partial charge in [-0.15, -0.1) is 0 Å². The van der Waals surface area contributed by atoms with E-state index >= 15 is 0 Å². The maximum atomic E-state index is 12.5. The van der Waals surface area contributed by atoms with Crippen molar-refractivity contribution in [3.8, 4) is 11.8 Å². The Hall–Kier alpha value is -2.39. The third kappa shape index (κ3) is 4.23. The molecule has 1 aromatic rings. The molecule has 1 unspecified atom stereocenters. The normalized spacial score (nSPS) is 20.7. The Morgan fingerprint density at radius 1 is 1.12 bits per heavy atom. The van der Waals surface area contributed by atoms with Crippen LogP contribution in [0.2, 0.25) is 0 Å². The maximum absolute atomic E-state index is 12.5. The number of piperidine rings is 1. The van der Waals surface area contributed by atoms with Crippen molar-refractivity contribution in [3.05, 3.63) is 29.8 Å². The second kappa shape index (κ2) is 7.88. The number of rotatable bonds is 5. The van der Waals surface area contributed by atoms with Gasteiger partial charge in [0.15, 0.2) is 0 Å². The summed E-state index contributed by atoms with van der Waals surface area (Å²) in [5.41, 5.74) is 0.381. The Morgan fingerprint density at radius 2 is 1.73 bits per heavy atom. The summed E-state index contributed by atoms with van der Waals surface area (Å²) < 4.78 is 5.48. The molecule has 0 bridgehead atoms. The van der Waals surface area contributed by atoms with Crippen LogP contribution in [-0.2, 0) is 9.59 Å². The molecule has 0 aromatic heterocycles. The lowest BCUT2D eigenvalue weighted by molar-refractivity contribution is -0.156. The van der Waals surface area contributed by atoms with Gasteiger partial charge in [-0.05, 0) is 42.5 Å². The van der Waals surface area contributed by atoms with Gasteiger partial charge in [-0.2, -0.15) is 5.26 Å². The zero-order chi connectivity index (χ0) is 18.6. The minimum atomic E-state index is -0.945. The third-order valence-corrected chi connectivity index (χ3v) is 5.39. The van der Waals surface area contributed by atoms with E-state index in [0.717, 1.165) is 25.7 Å². The number of nitrogens with zero attached hydrogens (tertiary/aromatic N) is 2. The number of imide groups is 1. The molecule has 2 fully saturated rings. The number of hydrogen-bond acceptors (Lipinski definition) is 5. The van der Waals surface area contributed by atoms with Crippen LogP contribution >= 0.6 is 0 Å². The molecule has 3 rings (SSSR count). The molecule has 1 atom stereocenters. The standard InChI is InChI=1S/C20H24N2O4/c21-12-15-4-6-17(7-5-15)26-14-16(23)13-22-18(24)10-20(11-19(22)25)8-2-1-3-9-20/h4-7,16,23H,1-3,8-11,13-14H2. The van der Waals surface area contributed by atoms with Gasteiger partial charge < -0.3 is 9.84 Å². The van der Waals surface area contributed by atoms with E-state index in [1.165, 1.54) is 11.3 Å². The molecule has 1 saturated carbocycles. The van der Waals surface area contributed by atoms with E-state index in [9.17, 15) is 14.7 Å². The van der Waals surface area contributed by atoms with Crippen molar-refractivity contribution < 1.29 is 19.4 Å². The highest BCUT2D eigenvalue weighted by Gasteiger charge is 2.44. The van der Waals surface area contributed by atoms with E-state index in [1.807, 2.05) is 6.07 Å². The molecule has 1 aromatic carbocycles. The molecule has 1 aliphatic carbocycles. The van der Waals surface area contributed by atoms with Gasteiger partial charge in [0.1, 0.15) is 18.5 Å². The lowest BCUT2D eigenvalue weighted by Crippen LogP contribution is -2.51. The van der Waals surface area contributed by atoms with Crippen LogP contribution in [0, 0.1) is 16.7 Å². The molecule has 6 heteroatoms. The van der Waals surface area contributed by atoms with E-state index in [2.05, 4.69) is 0 Å². The van der Waals surface area contributed by atoms with Crippen LogP contribution in [0.1, 0.15) is 50.5 Å². The van der Waals surface area contributed by atoms with Crippen LogP contribution in [0.25, 0.3) is 0 Å². The summed E-state index contributed by atoms with van der Waals surface area (Å²) >= 11 is 0. The van der Waals surface area contributed by atoms with E-state index in [-0.39, 0.29) is 30.4 Å². The van der Waals surface area contributed by atoms with E-state index in [1.54, 1.807) is 24.3 Å². The molecule has 1 aliphatic heterocycles. The van der Waals surface area contributed by atoms with Gasteiger partial charge in [0.05, 0.1) is 18.2 Å². The Morgan fingerprint density at radius 3 is 2.31 bits per heavy atom. The summed E-state index contributed by atoms with van der Waals surface area (Å²) in [6.45, 7) is -0.0574. The van der Waals surface area contributed by atoms with E-state index in [4.69, 9.17) is 10.00 Å². The molecule has 1 heterocycles. The minimum Gasteiger partial charge on any atom is -0.491 e. The first-order valence-corrected chi connectivity index (χ1v) is 9.16. The fourth-order valence-electron chi connectivity index (χ4n) is 3.97. The highest BCUT2D eigenvalue weighted by molar-refractivity contribution is 5.98. The number of nitriles is 1. The van der Waals surface area contributed by atoms with Gasteiger partial charge in [-0.1, -0.05) is 19.3 Å². The molecular weight excluding hydrogens is 332 g/mol. The molecule has 2 aliphatic rings. The van der Waals surface area contributed by atoms with Crippen molar-refractivity contribution in [1.29, 1.82) is 5.26 Å². The topological polar surface area (TPSA) is 90.6 Å². The number of benzene rings is 1. The summed E-state index contributed by atoms with van der Waals surface area (Å²) in [7, 11) is 0. The predicted octanol–water partition coefficient (Wildman–Crippen LogP) is 2.40. The minimum absolute atomic E-state index is 0.0197. The molecule has 1 N–H and O–H groups in total. The summed E-state index contributed by atoms with van der Waals surface area (Å²) in [6.07, 6.45) is 5.11. The van der Waals surface area contributed by atoms with Gasteiger partial charge in [0.2, 0.25) is 11.8 Å². The van der Waals surface area contributed by atoms with Gasteiger partial charge in [-0.25, -0.2) is 0 Å². The summed E-state index contributed by atoms with van der Waals surface area (Å²) in [4.78, 5) is 26.1. The molecule has 138 valence electrons. The highest BCUT2D eigenvalue weighted by Crippen LogP contribution is 2.45. The number of β-amino-alcohol motifs (C(OH)–C–C–N with tert-alkyl or cyclic N) is 1. The molecule has 0 radical (unpaired) electrons. The molecule has 2 amide bonds. The number of aliphatic hydroxyl groups is 1. The molecule has 1 saturated heterocycles. The molecular formula is C20H24N2O4. The van der Waals surface area contributed by atoms with Gasteiger partial charge in [-0.3, -0.25) is 14.5 Å². The predicted molar refractivity (Wildman–Crippen MR) is 94.1 cm³/mol. The Balaban J connectivity index is 1.52. The van der Waals surface area contributed by atoms with Crippen LogP contribution < -0.4 is 4.74 Å². The van der Waals surface area contributed by atoms with Crippen molar-refractivity contribution in [2.45, 2.75) is 51.0 Å². The van der Waals surface area contributed by atoms with Crippen molar-refractivity contribution in [2.24, 2.45) is 5.41 Å². The van der Waals surface area contributed by atoms with Crippen LogP contribution in [-0.4, -0.2) is 41.1 Å². The number of carbonyl (C=O) groups is 2. The van der Waals surface area contributed by atoms with Crippen LogP contribution in [0.4, 0.5) is 0 Å². The first-order valence-electron chi connectivity index (χ1n) is 9.16. The number of amides is 2. The smallest absolute Gasteiger partial charge is 0.229 e. The zero-order valence-corrected chi connectivity index (χ0v) is 14.8. The Kier molecular flexibility index (Phi) is 5.58. The highest BCUT2D eigenvalue weighted by atomic mass is 16.5. The second-order valence-corrected chi connectivity index (χ2v) is 7.41. The number of ether oxygens (including phenoxy) is 1. The fraction of sp³-hybridized carbons (Fsp3) is 0.550. The number of aliphatic hydroxyl groups excluding tert-OH is 1. The lowest BCUT2D eigenvalue weighted by atomic mass is 9.67. The average Bonchev–Trinajstić information content (AvgIpc) is 2.64. The van der Waals surface area contributed by atoms with Gasteiger partial charge in [0, 0.05) is 12.8 Å². The molecule has 26 heavy (non-hydrogen) atoms. The first-order chi connectivity index (χ1) is 12.5. The van der Waals surface area contributed by atoms with E-state index in [0.29, 0.717) is 24.2 Å². The second-order valence-electron chi connectivity index (χ2n) is 7.41. The number of hydrogen-bond donors (Lipinski definition) is 1. The zero-order valence-electron chi connectivity index (χ0n) is 14.8. The third-order valence-electron chi connectivity index (χ3n) is 5.39. The summed E-state index contributed by atoms with van der Waals surface area (Å²) in [6, 6.07) is 8.57. The van der Waals surface area contributed by atoms with Crippen LogP contribution in [0.3, 0.4) is 0 Å². The quantitative estimate of drug-likeness (QED) is 0.818. The van der Waals surface area contributed by atoms with Crippen molar-refractivity contribution in [1.82, 2.24) is 4.90 Å². The van der Waals surface area contributed by atoms with Gasteiger partial charge >= 0.3 is 0 Å². The first kappa shape index (κ1) is 18.4. The molecule has 1 spiro atoms. The van der Waals surface area contributed by atoms with Crippen molar-refractivity contribution in [2.75, 3.05) is 13.2 Å². The van der Waals surface area contributed by atoms with Crippen molar-refractivity contribution >= 4 is 11.8 Å². The van der Waals surface area contributed by atoms with Gasteiger partial charge in [0.25, 0.3) is 0 Å². The largest absolute Gasteiger partial charge is 0.491 e. The maximum Gasteiger partial charge on any atom is 0.229 e. The van der Waals surface area contributed by atoms with Crippen LogP contribution in [0.5, 0.6) is 5.75 Å². The average molecular weight is 356 g/mol. The number of carbonyl (C=O) groups excluding carboxylic acids is 2. The summed E-state index contributed by atoms with van der Waals surface area (Å²) in [5, 5.41) is 18.9. The Bertz CT molecular complexity index is 682. The van der Waals surface area contributed by atoms with Crippen molar-refractivity contribution in [3.63, 3.8) is 0 Å². The lowest BCUT2D eigenvalue weighted by Gasteiger charge is -2.42. The van der Waals surface area contributed by atoms with Crippen LogP contribution in [0.15, 0.2) is 24.3 Å². The SMILES string of the molecule is N#Cc1ccc(OCC(O)CN2C(=O)CC3(CCCCC3)CC2=O)cc1. The fourth-order valence-corrected chi connectivity index (χ4v) is 3.97. The summed E-state index contributed by atoms with van der Waals surface area (Å²) in [5.74, 6) is 0.168. The number of likely N-dealkylation sites (tertiary alicyclic amines) is 1. The monoisotopic (exact) mass is 356 g/mol.